The minimum Gasteiger partial charge on any atom is -0.493 e. The fraction of sp³-hybridized carbons (Fsp3) is 0.333. The van der Waals surface area contributed by atoms with E-state index in [1.54, 1.807) is 62.8 Å². The highest BCUT2D eigenvalue weighted by atomic mass is 32.2. The predicted molar refractivity (Wildman–Crippen MR) is 175 cm³/mol. The van der Waals surface area contributed by atoms with E-state index < -0.39 is 16.3 Å². The number of aliphatic hydroxyl groups is 1. The van der Waals surface area contributed by atoms with Gasteiger partial charge in [0, 0.05) is 36.8 Å². The molecule has 2 aliphatic heterocycles. The molecule has 2 N–H and O–H groups in total. The third kappa shape index (κ3) is 6.91. The molecular weight excluding hydrogens is 604 g/mol. The summed E-state index contributed by atoms with van der Waals surface area (Å²) in [6.07, 6.45) is -0.326. The second-order valence-corrected chi connectivity index (χ2v) is 13.5. The van der Waals surface area contributed by atoms with E-state index in [0.717, 1.165) is 36.4 Å². The van der Waals surface area contributed by atoms with Crippen molar-refractivity contribution in [1.82, 2.24) is 4.90 Å². The Morgan fingerprint density at radius 2 is 1.59 bits per heavy atom. The molecule has 1 unspecified atom stereocenters. The Morgan fingerprint density at radius 3 is 2.28 bits per heavy atom. The average molecular weight is 645 g/mol. The molecule has 1 saturated heterocycles. The molecule has 0 bridgehead atoms. The van der Waals surface area contributed by atoms with Crippen molar-refractivity contribution in [3.05, 3.63) is 119 Å². The van der Waals surface area contributed by atoms with Crippen LogP contribution in [0.1, 0.15) is 47.1 Å². The zero-order valence-electron chi connectivity index (χ0n) is 26.3. The first-order valence-corrected chi connectivity index (χ1v) is 16.9. The highest BCUT2D eigenvalue weighted by molar-refractivity contribution is 7.92. The molecule has 6 rings (SSSR count). The maximum Gasteiger partial charge on any atom is 0.261 e. The quantitative estimate of drug-likeness (QED) is 0.222. The van der Waals surface area contributed by atoms with Crippen LogP contribution in [0.3, 0.4) is 0 Å². The van der Waals surface area contributed by atoms with Gasteiger partial charge < -0.3 is 24.1 Å². The first-order chi connectivity index (χ1) is 22.3. The van der Waals surface area contributed by atoms with Gasteiger partial charge in [0.05, 0.1) is 37.9 Å². The highest BCUT2D eigenvalue weighted by Gasteiger charge is 2.39. The minimum atomic E-state index is -3.77. The van der Waals surface area contributed by atoms with Crippen molar-refractivity contribution in [3.8, 4) is 11.5 Å². The lowest BCUT2D eigenvalue weighted by atomic mass is 9.89. The van der Waals surface area contributed by atoms with Crippen LogP contribution in [-0.4, -0.2) is 51.8 Å². The number of hydrogen-bond donors (Lipinski definition) is 2. The number of methoxy groups -OCH3 is 2. The maximum atomic E-state index is 13.0. The number of sulfonamides is 1. The number of rotatable bonds is 10. The Hall–Kier alpha value is -3.93. The van der Waals surface area contributed by atoms with Crippen LogP contribution in [0.25, 0.3) is 0 Å². The molecular formula is C36H40N2O7S. The van der Waals surface area contributed by atoms with Gasteiger partial charge in [-0.15, -0.1) is 0 Å². The van der Waals surface area contributed by atoms with Gasteiger partial charge in [0.1, 0.15) is 0 Å². The summed E-state index contributed by atoms with van der Waals surface area (Å²) in [6.45, 7) is 4.41. The lowest BCUT2D eigenvalue weighted by Crippen LogP contribution is -2.45. The van der Waals surface area contributed by atoms with E-state index in [-0.39, 0.29) is 29.6 Å². The standard InChI is InChI=1S/C36H40N2O7S/c1-24-34(22-38-17-16-27-19-32(42-2)33(43-3)20-29(27)21-38)44-36(45-35(24)26-14-12-25(23-39)13-15-26)28-8-7-9-30(18-28)37-46(40,41)31-10-5-4-6-11-31/h4-15,18-20,24,34-37,39H,16-17,21-23H2,1-3H3/t24-,34+,35+,36?/m0/s1. The average Bonchev–Trinajstić information content (AvgIpc) is 3.09. The van der Waals surface area contributed by atoms with E-state index in [4.69, 9.17) is 18.9 Å². The fourth-order valence-electron chi connectivity index (χ4n) is 6.24. The summed E-state index contributed by atoms with van der Waals surface area (Å²) in [5.74, 6) is 1.46. The molecule has 2 aliphatic rings. The van der Waals surface area contributed by atoms with Gasteiger partial charge in [-0.3, -0.25) is 9.62 Å². The topological polar surface area (TPSA) is 107 Å². The Bertz CT molecular complexity index is 1750. The molecule has 4 aromatic rings. The molecule has 46 heavy (non-hydrogen) atoms. The molecule has 0 spiro atoms. The largest absolute Gasteiger partial charge is 0.493 e. The summed E-state index contributed by atoms with van der Waals surface area (Å²) in [7, 11) is -0.465. The summed E-state index contributed by atoms with van der Waals surface area (Å²) >= 11 is 0. The van der Waals surface area contributed by atoms with Gasteiger partial charge in [-0.05, 0) is 65.1 Å². The summed E-state index contributed by atoms with van der Waals surface area (Å²) in [5, 5.41) is 9.60. The van der Waals surface area contributed by atoms with Gasteiger partial charge in [0.15, 0.2) is 17.8 Å². The van der Waals surface area contributed by atoms with Crippen LogP contribution in [0.4, 0.5) is 5.69 Å². The monoisotopic (exact) mass is 644 g/mol. The SMILES string of the molecule is COc1cc2c(cc1OC)CN(C[C@H]1OC(c3cccc(NS(=O)(=O)c4ccccc4)c3)O[C@@H](c3ccc(CO)cc3)[C@H]1C)CC2. The van der Waals surface area contributed by atoms with Gasteiger partial charge in [-0.1, -0.05) is 61.5 Å². The molecule has 242 valence electrons. The summed E-state index contributed by atoms with van der Waals surface area (Å²) in [5.41, 5.74) is 5.41. The molecule has 0 amide bonds. The van der Waals surface area contributed by atoms with Crippen molar-refractivity contribution >= 4 is 15.7 Å². The Labute approximate surface area is 270 Å². The Morgan fingerprint density at radius 1 is 0.870 bits per heavy atom. The molecule has 0 radical (unpaired) electrons. The van der Waals surface area contributed by atoms with E-state index in [1.165, 1.54) is 11.1 Å². The number of fused-ring (bicyclic) bond motifs is 1. The highest BCUT2D eigenvalue weighted by Crippen LogP contribution is 2.43. The molecule has 4 atom stereocenters. The third-order valence-electron chi connectivity index (χ3n) is 8.82. The van der Waals surface area contributed by atoms with Crippen LogP contribution in [0, 0.1) is 5.92 Å². The smallest absolute Gasteiger partial charge is 0.261 e. The molecule has 0 saturated carbocycles. The number of aliphatic hydroxyl groups excluding tert-OH is 1. The number of benzene rings is 4. The van der Waals surface area contributed by atoms with Gasteiger partial charge in [-0.25, -0.2) is 8.42 Å². The molecule has 4 aromatic carbocycles. The van der Waals surface area contributed by atoms with Crippen LogP contribution in [-0.2, 0) is 39.1 Å². The fourth-order valence-corrected chi connectivity index (χ4v) is 7.31. The van der Waals surface area contributed by atoms with Gasteiger partial charge >= 0.3 is 0 Å². The van der Waals surface area contributed by atoms with E-state index in [9.17, 15) is 13.5 Å². The first kappa shape index (κ1) is 32.0. The number of nitrogens with one attached hydrogen (secondary N) is 1. The molecule has 0 aromatic heterocycles. The van der Waals surface area contributed by atoms with E-state index >= 15 is 0 Å². The molecule has 2 heterocycles. The van der Waals surface area contributed by atoms with Crippen molar-refractivity contribution < 1.29 is 32.5 Å². The van der Waals surface area contributed by atoms with Gasteiger partial charge in [0.2, 0.25) is 0 Å². The number of ether oxygens (including phenoxy) is 4. The molecule has 9 nitrogen and oxygen atoms in total. The molecule has 1 fully saturated rings. The number of nitrogens with zero attached hydrogens (tertiary/aromatic N) is 1. The van der Waals surface area contributed by atoms with E-state index in [2.05, 4.69) is 28.7 Å². The zero-order valence-corrected chi connectivity index (χ0v) is 27.1. The minimum absolute atomic E-state index is 0.00259. The van der Waals surface area contributed by atoms with Crippen LogP contribution in [0.15, 0.2) is 95.9 Å². The van der Waals surface area contributed by atoms with Crippen LogP contribution in [0.2, 0.25) is 0 Å². The van der Waals surface area contributed by atoms with Crippen molar-refractivity contribution in [2.75, 3.05) is 32.0 Å². The summed E-state index contributed by atoms with van der Waals surface area (Å²) in [6, 6.07) is 27.4. The maximum absolute atomic E-state index is 13.0. The first-order valence-electron chi connectivity index (χ1n) is 15.4. The lowest BCUT2D eigenvalue weighted by Gasteiger charge is -2.43. The van der Waals surface area contributed by atoms with Crippen LogP contribution in [0.5, 0.6) is 11.5 Å². The van der Waals surface area contributed by atoms with Crippen LogP contribution < -0.4 is 14.2 Å². The van der Waals surface area contributed by atoms with Gasteiger partial charge in [0.25, 0.3) is 10.0 Å². The van der Waals surface area contributed by atoms with Crippen molar-refractivity contribution in [2.45, 2.75) is 49.9 Å². The van der Waals surface area contributed by atoms with E-state index in [0.29, 0.717) is 23.5 Å². The number of hydrogen-bond acceptors (Lipinski definition) is 8. The Kier molecular flexibility index (Phi) is 9.62. The Balaban J connectivity index is 1.26. The van der Waals surface area contributed by atoms with Crippen molar-refractivity contribution in [2.24, 2.45) is 5.92 Å². The lowest BCUT2D eigenvalue weighted by molar-refractivity contribution is -0.276. The normalized spacial score (nSPS) is 21.7. The van der Waals surface area contributed by atoms with Crippen molar-refractivity contribution in [3.63, 3.8) is 0 Å². The van der Waals surface area contributed by atoms with Crippen molar-refractivity contribution in [1.29, 1.82) is 0 Å². The number of anilines is 1. The van der Waals surface area contributed by atoms with Crippen LogP contribution >= 0.6 is 0 Å². The second kappa shape index (κ2) is 13.8. The summed E-state index contributed by atoms with van der Waals surface area (Å²) < 4.78 is 53.2. The predicted octanol–water partition coefficient (Wildman–Crippen LogP) is 5.85. The second-order valence-electron chi connectivity index (χ2n) is 11.8. The third-order valence-corrected chi connectivity index (χ3v) is 10.2. The zero-order chi connectivity index (χ0) is 32.3. The molecule has 0 aliphatic carbocycles. The van der Waals surface area contributed by atoms with Gasteiger partial charge in [-0.2, -0.15) is 0 Å². The van der Waals surface area contributed by atoms with E-state index in [1.807, 2.05) is 30.3 Å². The summed E-state index contributed by atoms with van der Waals surface area (Å²) in [4.78, 5) is 2.58. The molecule has 10 heteroatoms.